The SMILES string of the molecule is Cc1oc2cc3oc(=O)c(CCC(=O)NCCNC(=O)c4ccncc4)c(C)c3cc2c1C. The average molecular weight is 447 g/mol. The lowest BCUT2D eigenvalue weighted by Crippen LogP contribution is -2.34. The van der Waals surface area contributed by atoms with Crippen LogP contribution >= 0.6 is 0 Å². The number of fused-ring (bicyclic) bond motifs is 2. The molecule has 0 saturated heterocycles. The smallest absolute Gasteiger partial charge is 0.339 e. The number of carbonyl (C=O) groups excluding carboxylic acids is 2. The first-order valence-electron chi connectivity index (χ1n) is 10.8. The van der Waals surface area contributed by atoms with Crippen LogP contribution < -0.4 is 16.3 Å². The zero-order valence-corrected chi connectivity index (χ0v) is 18.8. The standard InChI is InChI=1S/C25H25N3O5/c1-14-16(3)32-21-13-22-20(12-19(14)21)15(2)18(25(31)33-22)4-5-23(29)27-10-11-28-24(30)17-6-8-26-9-7-17/h6-9,12-13H,4-5,10-11H2,1-3H3,(H,27,29)(H,28,30). The van der Waals surface area contributed by atoms with Gasteiger partial charge < -0.3 is 19.5 Å². The van der Waals surface area contributed by atoms with Crippen molar-refractivity contribution in [2.45, 2.75) is 33.6 Å². The molecule has 0 radical (unpaired) electrons. The zero-order valence-electron chi connectivity index (χ0n) is 18.8. The molecule has 0 aliphatic carbocycles. The Labute approximate surface area is 190 Å². The van der Waals surface area contributed by atoms with E-state index in [0.29, 0.717) is 28.8 Å². The van der Waals surface area contributed by atoms with E-state index in [0.717, 1.165) is 27.7 Å². The van der Waals surface area contributed by atoms with Gasteiger partial charge in [-0.2, -0.15) is 0 Å². The van der Waals surface area contributed by atoms with Gasteiger partial charge in [-0.15, -0.1) is 0 Å². The molecule has 33 heavy (non-hydrogen) atoms. The third kappa shape index (κ3) is 4.64. The Balaban J connectivity index is 1.37. The lowest BCUT2D eigenvalue weighted by atomic mass is 10.0. The highest BCUT2D eigenvalue weighted by Crippen LogP contribution is 2.31. The Morgan fingerprint density at radius 1 is 0.909 bits per heavy atom. The molecule has 1 aromatic carbocycles. The van der Waals surface area contributed by atoms with Crippen LogP contribution in [0.4, 0.5) is 0 Å². The van der Waals surface area contributed by atoms with E-state index in [1.54, 1.807) is 30.6 Å². The third-order valence-electron chi connectivity index (χ3n) is 5.86. The number of nitrogens with zero attached hydrogens (tertiary/aromatic N) is 1. The van der Waals surface area contributed by atoms with Gasteiger partial charge >= 0.3 is 5.63 Å². The molecule has 3 heterocycles. The number of nitrogens with one attached hydrogen (secondary N) is 2. The van der Waals surface area contributed by atoms with Gasteiger partial charge in [0.15, 0.2) is 0 Å². The molecular formula is C25H25N3O5. The summed E-state index contributed by atoms with van der Waals surface area (Å²) < 4.78 is 11.3. The van der Waals surface area contributed by atoms with Crippen molar-refractivity contribution >= 4 is 33.8 Å². The maximum atomic E-state index is 12.6. The fourth-order valence-electron chi connectivity index (χ4n) is 3.82. The summed E-state index contributed by atoms with van der Waals surface area (Å²) in [5, 5.41) is 7.31. The summed E-state index contributed by atoms with van der Waals surface area (Å²) in [6, 6.07) is 6.95. The van der Waals surface area contributed by atoms with Gasteiger partial charge in [0.2, 0.25) is 5.91 Å². The number of hydrogen-bond acceptors (Lipinski definition) is 6. The molecule has 2 N–H and O–H groups in total. The number of rotatable bonds is 7. The third-order valence-corrected chi connectivity index (χ3v) is 5.86. The molecule has 170 valence electrons. The molecule has 4 aromatic rings. The molecule has 0 fully saturated rings. The van der Waals surface area contributed by atoms with Crippen LogP contribution in [0.1, 0.15) is 39.2 Å². The number of carbonyl (C=O) groups is 2. The van der Waals surface area contributed by atoms with Gasteiger partial charge in [0.05, 0.1) is 0 Å². The van der Waals surface area contributed by atoms with Crippen LogP contribution in [0.3, 0.4) is 0 Å². The second-order valence-corrected chi connectivity index (χ2v) is 7.96. The van der Waals surface area contributed by atoms with Crippen molar-refractivity contribution in [1.82, 2.24) is 15.6 Å². The van der Waals surface area contributed by atoms with Gasteiger partial charge in [0.25, 0.3) is 5.91 Å². The highest BCUT2D eigenvalue weighted by Gasteiger charge is 2.16. The first kappa shape index (κ1) is 22.3. The maximum Gasteiger partial charge on any atom is 0.339 e. The highest BCUT2D eigenvalue weighted by molar-refractivity contribution is 5.97. The number of aromatic nitrogens is 1. The monoisotopic (exact) mass is 447 g/mol. The van der Waals surface area contributed by atoms with E-state index >= 15 is 0 Å². The topological polar surface area (TPSA) is 114 Å². The number of amides is 2. The van der Waals surface area contributed by atoms with Crippen molar-refractivity contribution in [3.8, 4) is 0 Å². The van der Waals surface area contributed by atoms with Gasteiger partial charge in [0.1, 0.15) is 16.9 Å². The molecule has 8 heteroatoms. The minimum atomic E-state index is -0.447. The minimum Gasteiger partial charge on any atom is -0.461 e. The summed E-state index contributed by atoms with van der Waals surface area (Å²) in [7, 11) is 0. The summed E-state index contributed by atoms with van der Waals surface area (Å²) >= 11 is 0. The average Bonchev–Trinajstić information content (AvgIpc) is 3.08. The summed E-state index contributed by atoms with van der Waals surface area (Å²) in [5.74, 6) is 0.395. The Hall–Kier alpha value is -3.94. The Morgan fingerprint density at radius 2 is 1.58 bits per heavy atom. The Kier molecular flexibility index (Phi) is 6.26. The molecule has 8 nitrogen and oxygen atoms in total. The van der Waals surface area contributed by atoms with E-state index in [4.69, 9.17) is 8.83 Å². The second-order valence-electron chi connectivity index (χ2n) is 7.96. The van der Waals surface area contributed by atoms with E-state index in [2.05, 4.69) is 15.6 Å². The maximum absolute atomic E-state index is 12.6. The molecule has 0 atom stereocenters. The Bertz CT molecular complexity index is 1400. The van der Waals surface area contributed by atoms with Crippen LogP contribution in [0, 0.1) is 20.8 Å². The number of benzene rings is 1. The molecular weight excluding hydrogens is 422 g/mol. The quantitative estimate of drug-likeness (QED) is 0.332. The van der Waals surface area contributed by atoms with E-state index < -0.39 is 5.63 Å². The van der Waals surface area contributed by atoms with E-state index in [-0.39, 0.29) is 31.2 Å². The molecule has 0 bridgehead atoms. The van der Waals surface area contributed by atoms with Gasteiger partial charge in [0, 0.05) is 59.9 Å². The van der Waals surface area contributed by atoms with Gasteiger partial charge in [-0.3, -0.25) is 14.6 Å². The number of aryl methyl sites for hydroxylation is 3. The van der Waals surface area contributed by atoms with Crippen molar-refractivity contribution in [3.05, 3.63) is 75.1 Å². The normalized spacial score (nSPS) is 11.1. The molecule has 0 saturated carbocycles. The number of hydrogen-bond donors (Lipinski definition) is 2. The van der Waals surface area contributed by atoms with Crippen LogP contribution in [-0.4, -0.2) is 29.9 Å². The van der Waals surface area contributed by atoms with Crippen molar-refractivity contribution < 1.29 is 18.4 Å². The number of pyridine rings is 1. The summed E-state index contributed by atoms with van der Waals surface area (Å²) in [5.41, 5.74) is 3.55. The van der Waals surface area contributed by atoms with Crippen molar-refractivity contribution in [2.75, 3.05) is 13.1 Å². The van der Waals surface area contributed by atoms with Crippen LogP contribution in [0.2, 0.25) is 0 Å². The van der Waals surface area contributed by atoms with E-state index in [1.807, 2.05) is 26.8 Å². The van der Waals surface area contributed by atoms with E-state index in [9.17, 15) is 14.4 Å². The molecule has 2 amide bonds. The Morgan fingerprint density at radius 3 is 2.33 bits per heavy atom. The first-order valence-corrected chi connectivity index (χ1v) is 10.8. The summed E-state index contributed by atoms with van der Waals surface area (Å²) in [6.45, 7) is 6.35. The lowest BCUT2D eigenvalue weighted by molar-refractivity contribution is -0.121. The largest absolute Gasteiger partial charge is 0.461 e. The molecule has 0 unspecified atom stereocenters. The highest BCUT2D eigenvalue weighted by atomic mass is 16.4. The zero-order chi connectivity index (χ0) is 23.5. The van der Waals surface area contributed by atoms with Crippen LogP contribution in [0.5, 0.6) is 0 Å². The fourth-order valence-corrected chi connectivity index (χ4v) is 3.82. The minimum absolute atomic E-state index is 0.140. The molecule has 0 aliphatic heterocycles. The molecule has 0 aliphatic rings. The predicted octanol–water partition coefficient (Wildman–Crippen LogP) is 3.34. The van der Waals surface area contributed by atoms with Crippen LogP contribution in [0.15, 0.2) is 50.3 Å². The summed E-state index contributed by atoms with van der Waals surface area (Å²) in [6.07, 6.45) is 3.49. The number of furan rings is 1. The first-order chi connectivity index (χ1) is 15.8. The van der Waals surface area contributed by atoms with Gasteiger partial charge in [-0.1, -0.05) is 0 Å². The molecule has 0 spiro atoms. The van der Waals surface area contributed by atoms with Crippen molar-refractivity contribution in [1.29, 1.82) is 0 Å². The van der Waals surface area contributed by atoms with Crippen molar-refractivity contribution in [2.24, 2.45) is 0 Å². The van der Waals surface area contributed by atoms with Crippen molar-refractivity contribution in [3.63, 3.8) is 0 Å². The fraction of sp³-hybridized carbons (Fsp3) is 0.280. The molecule has 4 rings (SSSR count). The predicted molar refractivity (Wildman–Crippen MR) is 124 cm³/mol. The van der Waals surface area contributed by atoms with E-state index in [1.165, 1.54) is 0 Å². The molecule has 3 aromatic heterocycles. The van der Waals surface area contributed by atoms with Crippen LogP contribution in [0.25, 0.3) is 21.9 Å². The van der Waals surface area contributed by atoms with Crippen LogP contribution in [-0.2, 0) is 11.2 Å². The lowest BCUT2D eigenvalue weighted by Gasteiger charge is -2.09. The summed E-state index contributed by atoms with van der Waals surface area (Å²) in [4.78, 5) is 40.7. The second kappa shape index (κ2) is 9.28. The van der Waals surface area contributed by atoms with Gasteiger partial charge in [-0.25, -0.2) is 4.79 Å². The van der Waals surface area contributed by atoms with Gasteiger partial charge in [-0.05, 0) is 56.5 Å².